The van der Waals surface area contributed by atoms with Gasteiger partial charge in [-0.25, -0.2) is 0 Å². The zero-order valence-electron chi connectivity index (χ0n) is 19.6. The van der Waals surface area contributed by atoms with Gasteiger partial charge in [0.25, 0.3) is 0 Å². The van der Waals surface area contributed by atoms with Gasteiger partial charge in [0.15, 0.2) is 6.29 Å². The first-order chi connectivity index (χ1) is 16.0. The van der Waals surface area contributed by atoms with Gasteiger partial charge in [0.1, 0.15) is 25.1 Å². The highest BCUT2D eigenvalue weighted by molar-refractivity contribution is 5.73. The van der Waals surface area contributed by atoms with Crippen molar-refractivity contribution < 1.29 is 34.1 Å². The second-order valence-corrected chi connectivity index (χ2v) is 8.95. The summed E-state index contributed by atoms with van der Waals surface area (Å²) in [5.74, 6) is -1.38. The molecule has 1 heterocycles. The van der Waals surface area contributed by atoms with Gasteiger partial charge in [-0.05, 0) is 76.2 Å². The molecule has 6 unspecified atom stereocenters. The highest BCUT2D eigenvalue weighted by Gasteiger charge is 2.30. The van der Waals surface area contributed by atoms with Crippen molar-refractivity contribution in [1.29, 1.82) is 0 Å². The minimum absolute atomic E-state index is 0.321. The predicted octanol–water partition coefficient (Wildman–Crippen LogP) is 3.50. The lowest BCUT2D eigenvalue weighted by atomic mass is 9.85. The molecule has 0 aromatic carbocycles. The van der Waals surface area contributed by atoms with Crippen LogP contribution in [0.4, 0.5) is 0 Å². The van der Waals surface area contributed by atoms with E-state index in [1.807, 2.05) is 12.2 Å². The van der Waals surface area contributed by atoms with Crippen LogP contribution in [0.3, 0.4) is 0 Å². The molecular formula is C26H40O7. The van der Waals surface area contributed by atoms with E-state index in [9.17, 15) is 29.4 Å². The van der Waals surface area contributed by atoms with Gasteiger partial charge in [-0.15, -0.1) is 6.58 Å². The van der Waals surface area contributed by atoms with Gasteiger partial charge in [-0.3, -0.25) is 4.79 Å². The Morgan fingerprint density at radius 1 is 1.00 bits per heavy atom. The minimum Gasteiger partial charge on any atom is -0.392 e. The van der Waals surface area contributed by atoms with Gasteiger partial charge in [0.05, 0.1) is 12.2 Å². The third kappa shape index (κ3) is 11.6. The summed E-state index contributed by atoms with van der Waals surface area (Å²) in [6.45, 7) is 3.66. The summed E-state index contributed by atoms with van der Waals surface area (Å²) in [6.07, 6.45) is 11.9. The van der Waals surface area contributed by atoms with Crippen molar-refractivity contribution in [2.24, 2.45) is 17.8 Å². The van der Waals surface area contributed by atoms with E-state index in [4.69, 9.17) is 4.74 Å². The highest BCUT2D eigenvalue weighted by atomic mass is 16.6. The van der Waals surface area contributed by atoms with Gasteiger partial charge in [0.2, 0.25) is 0 Å². The van der Waals surface area contributed by atoms with Crippen LogP contribution in [0.5, 0.6) is 0 Å². The molecule has 0 spiro atoms. The number of carbonyl (C=O) groups is 4. The molecule has 1 aliphatic rings. The van der Waals surface area contributed by atoms with Gasteiger partial charge in [0, 0.05) is 17.8 Å². The molecule has 0 amide bonds. The summed E-state index contributed by atoms with van der Waals surface area (Å²) < 4.78 is 5.46. The van der Waals surface area contributed by atoms with Crippen LogP contribution in [-0.2, 0) is 23.9 Å². The van der Waals surface area contributed by atoms with Crippen LogP contribution >= 0.6 is 0 Å². The number of unbranched alkanes of at least 4 members (excludes halogenated alkanes) is 2. The van der Waals surface area contributed by atoms with Crippen molar-refractivity contribution in [2.45, 2.75) is 95.5 Å². The van der Waals surface area contributed by atoms with Gasteiger partial charge in [-0.1, -0.05) is 18.6 Å². The fourth-order valence-corrected chi connectivity index (χ4v) is 4.29. The Kier molecular flexibility index (Phi) is 15.4. The fraction of sp³-hybridized carbons (Fsp3) is 0.692. The van der Waals surface area contributed by atoms with Crippen molar-refractivity contribution in [3.05, 3.63) is 24.3 Å². The average molecular weight is 465 g/mol. The monoisotopic (exact) mass is 464 g/mol. The Morgan fingerprint density at radius 3 is 2.39 bits per heavy atom. The lowest BCUT2D eigenvalue weighted by Crippen LogP contribution is -2.35. The second kappa shape index (κ2) is 17.5. The molecule has 1 aliphatic heterocycles. The molecule has 1 rings (SSSR count). The van der Waals surface area contributed by atoms with E-state index in [1.165, 1.54) is 0 Å². The van der Waals surface area contributed by atoms with Crippen LogP contribution in [0.2, 0.25) is 0 Å². The normalized spacial score (nSPS) is 22.5. The first-order valence-corrected chi connectivity index (χ1v) is 12.1. The Balaban J connectivity index is 2.45. The summed E-state index contributed by atoms with van der Waals surface area (Å²) in [5.41, 5.74) is 0.624. The third-order valence-corrected chi connectivity index (χ3v) is 6.37. The number of hydrogen-bond donors (Lipinski definition) is 2. The number of hydrogen-bond acceptors (Lipinski definition) is 7. The van der Waals surface area contributed by atoms with E-state index in [-0.39, 0.29) is 12.0 Å². The van der Waals surface area contributed by atoms with Gasteiger partial charge in [-0.2, -0.15) is 0 Å². The molecule has 0 saturated carbocycles. The molecule has 186 valence electrons. The predicted molar refractivity (Wildman–Crippen MR) is 125 cm³/mol. The molecule has 0 radical (unpaired) electrons. The molecule has 6 atom stereocenters. The smallest absolute Gasteiger partial charge is 0.154 e. The van der Waals surface area contributed by atoms with Crippen LogP contribution in [-0.4, -0.2) is 53.9 Å². The van der Waals surface area contributed by atoms with Crippen LogP contribution in [0.15, 0.2) is 24.3 Å². The summed E-state index contributed by atoms with van der Waals surface area (Å²) >= 11 is 0. The molecule has 0 aromatic rings. The van der Waals surface area contributed by atoms with Crippen molar-refractivity contribution in [1.82, 2.24) is 0 Å². The molecule has 33 heavy (non-hydrogen) atoms. The van der Waals surface area contributed by atoms with E-state index in [2.05, 4.69) is 6.58 Å². The quantitative estimate of drug-likeness (QED) is 0.130. The minimum atomic E-state index is -0.863. The largest absolute Gasteiger partial charge is 0.392 e. The molecular weight excluding hydrogens is 424 g/mol. The Labute approximate surface area is 197 Å². The standard InChI is InChI=1S/C26H40O7/c1-2-3-4-5-8-20(16-27)13-14-24(31)22(18-29)10-6-9-21(17-28)15-23(19-30)25-11-7-12-26(32)33-25/h2,8,16-19,21-26,31-32H,1,3-7,9-15H2/b20-8+. The maximum atomic E-state index is 11.6. The van der Waals surface area contributed by atoms with Crippen LogP contribution in [0, 0.1) is 17.8 Å². The SMILES string of the molecule is C=CCCC/C=C(/C=O)CCC(O)C(C=O)CCCC(C=O)CC(C=O)C1CCCC(O)O1. The highest BCUT2D eigenvalue weighted by Crippen LogP contribution is 2.28. The second-order valence-electron chi connectivity index (χ2n) is 8.95. The first-order valence-electron chi connectivity index (χ1n) is 12.1. The molecule has 7 heteroatoms. The zero-order valence-corrected chi connectivity index (χ0v) is 19.6. The number of allylic oxidation sites excluding steroid dienone is 3. The Hall–Kier alpha value is -1.96. The molecule has 7 nitrogen and oxygen atoms in total. The number of aliphatic hydroxyl groups excluding tert-OH is 2. The zero-order chi connectivity index (χ0) is 24.5. The van der Waals surface area contributed by atoms with Crippen molar-refractivity contribution in [3.63, 3.8) is 0 Å². The van der Waals surface area contributed by atoms with Crippen LogP contribution in [0.25, 0.3) is 0 Å². The maximum absolute atomic E-state index is 11.6. The van der Waals surface area contributed by atoms with E-state index >= 15 is 0 Å². The Bertz CT molecular complexity index is 630. The first kappa shape index (κ1) is 29.1. The van der Waals surface area contributed by atoms with Crippen molar-refractivity contribution in [3.8, 4) is 0 Å². The third-order valence-electron chi connectivity index (χ3n) is 6.37. The van der Waals surface area contributed by atoms with E-state index < -0.39 is 24.2 Å². The van der Waals surface area contributed by atoms with Crippen molar-refractivity contribution in [2.75, 3.05) is 0 Å². The van der Waals surface area contributed by atoms with Crippen LogP contribution < -0.4 is 0 Å². The maximum Gasteiger partial charge on any atom is 0.154 e. The van der Waals surface area contributed by atoms with Gasteiger partial charge < -0.3 is 29.3 Å². The molecule has 1 fully saturated rings. The summed E-state index contributed by atoms with van der Waals surface area (Å²) in [4.78, 5) is 45.8. The average Bonchev–Trinajstić information content (AvgIpc) is 2.83. The van der Waals surface area contributed by atoms with E-state index in [0.717, 1.165) is 50.8 Å². The molecule has 2 N–H and O–H groups in total. The molecule has 0 bridgehead atoms. The van der Waals surface area contributed by atoms with E-state index in [1.54, 1.807) is 0 Å². The number of rotatable bonds is 19. The lowest BCUT2D eigenvalue weighted by molar-refractivity contribution is -0.178. The number of aliphatic hydroxyl groups is 2. The molecule has 0 aromatic heterocycles. The molecule has 1 saturated heterocycles. The fourth-order valence-electron chi connectivity index (χ4n) is 4.29. The Morgan fingerprint density at radius 2 is 1.79 bits per heavy atom. The summed E-state index contributed by atoms with van der Waals surface area (Å²) in [6, 6.07) is 0. The topological polar surface area (TPSA) is 118 Å². The molecule has 0 aliphatic carbocycles. The van der Waals surface area contributed by atoms with Crippen molar-refractivity contribution >= 4 is 25.1 Å². The summed E-state index contributed by atoms with van der Waals surface area (Å²) in [5, 5.41) is 20.1. The van der Waals surface area contributed by atoms with Gasteiger partial charge >= 0.3 is 0 Å². The lowest BCUT2D eigenvalue weighted by Gasteiger charge is -2.31. The number of carbonyl (C=O) groups excluding carboxylic acids is 4. The van der Waals surface area contributed by atoms with E-state index in [0.29, 0.717) is 56.9 Å². The summed E-state index contributed by atoms with van der Waals surface area (Å²) in [7, 11) is 0. The number of aldehydes is 4. The van der Waals surface area contributed by atoms with Crippen LogP contribution in [0.1, 0.15) is 77.0 Å². The number of ether oxygens (including phenoxy) is 1.